The van der Waals surface area contributed by atoms with Crippen molar-refractivity contribution in [3.05, 3.63) is 23.2 Å². The Bertz CT molecular complexity index is 658. The summed E-state index contributed by atoms with van der Waals surface area (Å²) < 4.78 is 62.5. The minimum Gasteiger partial charge on any atom is -0.317 e. The number of nitrogens with one attached hydrogen (secondary N) is 1. The summed E-state index contributed by atoms with van der Waals surface area (Å²) in [5, 5.41) is 1.36. The van der Waals surface area contributed by atoms with E-state index in [1.54, 1.807) is 19.2 Å². The number of amides is 1. The molecule has 0 bridgehead atoms. The van der Waals surface area contributed by atoms with Crippen molar-refractivity contribution in [1.82, 2.24) is 4.31 Å². The van der Waals surface area contributed by atoms with Gasteiger partial charge in [0, 0.05) is 13.1 Å². The van der Waals surface area contributed by atoms with Gasteiger partial charge >= 0.3 is 12.1 Å². The van der Waals surface area contributed by atoms with E-state index >= 15 is 0 Å². The number of alkyl halides is 3. The van der Waals surface area contributed by atoms with E-state index in [1.807, 2.05) is 0 Å². The number of hydrogen-bond donors (Lipinski definition) is 1. The van der Waals surface area contributed by atoms with Crippen molar-refractivity contribution < 1.29 is 26.4 Å². The van der Waals surface area contributed by atoms with Crippen LogP contribution in [0.1, 0.15) is 13.8 Å². The highest BCUT2D eigenvalue weighted by Gasteiger charge is 2.39. The van der Waals surface area contributed by atoms with Gasteiger partial charge in [-0.15, -0.1) is 0 Å². The first-order chi connectivity index (χ1) is 10.0. The highest BCUT2D eigenvalue weighted by molar-refractivity contribution is 7.89. The van der Waals surface area contributed by atoms with E-state index in [-0.39, 0.29) is 23.0 Å². The molecule has 1 amide bonds. The Balaban J connectivity index is 3.23. The molecule has 0 aliphatic rings. The highest BCUT2D eigenvalue weighted by atomic mass is 35.5. The number of sulfonamides is 1. The molecule has 0 spiro atoms. The topological polar surface area (TPSA) is 66.5 Å². The van der Waals surface area contributed by atoms with Crippen molar-refractivity contribution in [3.8, 4) is 0 Å². The van der Waals surface area contributed by atoms with Gasteiger partial charge in [0.2, 0.25) is 10.0 Å². The summed E-state index contributed by atoms with van der Waals surface area (Å²) >= 11 is 5.70. The van der Waals surface area contributed by atoms with E-state index in [0.29, 0.717) is 0 Å². The maximum Gasteiger partial charge on any atom is 0.471 e. The average Bonchev–Trinajstić information content (AvgIpc) is 2.40. The predicted molar refractivity (Wildman–Crippen MR) is 76.2 cm³/mol. The van der Waals surface area contributed by atoms with Crippen LogP contribution in [0.5, 0.6) is 0 Å². The molecular formula is C12H14ClF3N2O3S. The number of halogens is 4. The van der Waals surface area contributed by atoms with Crippen LogP contribution in [-0.2, 0) is 14.8 Å². The molecule has 0 aliphatic carbocycles. The van der Waals surface area contributed by atoms with Gasteiger partial charge in [-0.1, -0.05) is 25.4 Å². The Morgan fingerprint density at radius 3 is 2.27 bits per heavy atom. The van der Waals surface area contributed by atoms with E-state index in [9.17, 15) is 26.4 Å². The quantitative estimate of drug-likeness (QED) is 0.880. The largest absolute Gasteiger partial charge is 0.471 e. The number of carbonyl (C=O) groups is 1. The lowest BCUT2D eigenvalue weighted by molar-refractivity contribution is -0.167. The first kappa shape index (κ1) is 18.7. The summed E-state index contributed by atoms with van der Waals surface area (Å²) in [6.07, 6.45) is -5.10. The van der Waals surface area contributed by atoms with Crippen molar-refractivity contribution in [1.29, 1.82) is 0 Å². The van der Waals surface area contributed by atoms with Crippen LogP contribution in [0, 0.1) is 0 Å². The molecule has 0 atom stereocenters. The second-order valence-corrected chi connectivity index (χ2v) is 6.53. The smallest absolute Gasteiger partial charge is 0.317 e. The Kier molecular flexibility index (Phi) is 5.82. The second-order valence-electron chi connectivity index (χ2n) is 4.18. The second kappa shape index (κ2) is 6.84. The lowest BCUT2D eigenvalue weighted by atomic mass is 10.3. The fraction of sp³-hybridized carbons (Fsp3) is 0.417. The number of benzene rings is 1. The molecular weight excluding hydrogens is 345 g/mol. The Morgan fingerprint density at radius 1 is 1.27 bits per heavy atom. The van der Waals surface area contributed by atoms with Gasteiger partial charge < -0.3 is 5.32 Å². The van der Waals surface area contributed by atoms with Gasteiger partial charge in [-0.25, -0.2) is 8.42 Å². The molecule has 1 N–H and O–H groups in total. The van der Waals surface area contributed by atoms with Crippen molar-refractivity contribution in [2.24, 2.45) is 0 Å². The third-order valence-electron chi connectivity index (χ3n) is 2.79. The first-order valence-electron chi connectivity index (χ1n) is 6.21. The maximum atomic E-state index is 12.3. The summed E-state index contributed by atoms with van der Waals surface area (Å²) in [5.41, 5.74) is -0.419. The third kappa shape index (κ3) is 4.11. The fourth-order valence-electron chi connectivity index (χ4n) is 1.67. The highest BCUT2D eigenvalue weighted by Crippen LogP contribution is 2.28. The molecule has 0 fully saturated rings. The van der Waals surface area contributed by atoms with E-state index in [2.05, 4.69) is 0 Å². The molecule has 1 aromatic carbocycles. The molecule has 1 aromatic rings. The number of anilines is 1. The van der Waals surface area contributed by atoms with Gasteiger partial charge in [0.15, 0.2) is 0 Å². The van der Waals surface area contributed by atoms with Gasteiger partial charge in [0.05, 0.1) is 15.6 Å². The summed E-state index contributed by atoms with van der Waals surface area (Å²) in [6.45, 7) is 3.66. The van der Waals surface area contributed by atoms with Crippen LogP contribution in [0.15, 0.2) is 23.1 Å². The van der Waals surface area contributed by atoms with Gasteiger partial charge in [0.1, 0.15) is 0 Å². The van der Waals surface area contributed by atoms with Crippen molar-refractivity contribution >= 4 is 33.2 Å². The van der Waals surface area contributed by atoms with Crippen LogP contribution in [0.25, 0.3) is 0 Å². The van der Waals surface area contributed by atoms with Crippen LogP contribution in [0.4, 0.5) is 18.9 Å². The zero-order chi connectivity index (χ0) is 17.1. The molecule has 0 heterocycles. The Labute approximate surface area is 131 Å². The number of rotatable bonds is 5. The summed E-state index contributed by atoms with van der Waals surface area (Å²) in [5.74, 6) is -2.23. The summed E-state index contributed by atoms with van der Waals surface area (Å²) in [6, 6.07) is 3.18. The first-order valence-corrected chi connectivity index (χ1v) is 8.03. The van der Waals surface area contributed by atoms with Gasteiger partial charge in [-0.3, -0.25) is 4.79 Å². The van der Waals surface area contributed by atoms with Crippen LogP contribution in [-0.4, -0.2) is 37.9 Å². The molecule has 0 aliphatic heterocycles. The van der Waals surface area contributed by atoms with E-state index in [1.165, 1.54) is 6.07 Å². The lowest BCUT2D eigenvalue weighted by Crippen LogP contribution is -2.31. The summed E-state index contributed by atoms with van der Waals surface area (Å²) in [4.78, 5) is 10.7. The van der Waals surface area contributed by atoms with Gasteiger partial charge in [-0.05, 0) is 18.2 Å². The van der Waals surface area contributed by atoms with Crippen LogP contribution >= 0.6 is 11.6 Å². The van der Waals surface area contributed by atoms with Crippen molar-refractivity contribution in [2.75, 3.05) is 18.4 Å². The van der Waals surface area contributed by atoms with Crippen LogP contribution in [0.2, 0.25) is 5.02 Å². The number of hydrogen-bond acceptors (Lipinski definition) is 3. The Hall–Kier alpha value is -1.32. The zero-order valence-corrected chi connectivity index (χ0v) is 13.3. The average molecular weight is 359 g/mol. The van der Waals surface area contributed by atoms with Crippen molar-refractivity contribution in [3.63, 3.8) is 0 Å². The fourth-order valence-corrected chi connectivity index (χ4v) is 3.32. The molecule has 5 nitrogen and oxygen atoms in total. The number of nitrogens with zero attached hydrogens (tertiary/aromatic N) is 1. The molecule has 0 saturated heterocycles. The van der Waals surface area contributed by atoms with Crippen LogP contribution in [0.3, 0.4) is 0 Å². The molecule has 0 unspecified atom stereocenters. The maximum absolute atomic E-state index is 12.3. The van der Waals surface area contributed by atoms with E-state index in [0.717, 1.165) is 16.4 Å². The monoisotopic (exact) mass is 358 g/mol. The number of carbonyl (C=O) groups excluding carboxylic acids is 1. The third-order valence-corrected chi connectivity index (χ3v) is 5.16. The van der Waals surface area contributed by atoms with Crippen LogP contribution < -0.4 is 5.32 Å². The van der Waals surface area contributed by atoms with Gasteiger partial charge in [-0.2, -0.15) is 17.5 Å². The minimum absolute atomic E-state index is 0.198. The van der Waals surface area contributed by atoms with Gasteiger partial charge in [0.25, 0.3) is 0 Å². The predicted octanol–water partition coefficient (Wildman–Crippen LogP) is 2.87. The van der Waals surface area contributed by atoms with Crippen molar-refractivity contribution in [2.45, 2.75) is 24.9 Å². The Morgan fingerprint density at radius 2 is 1.82 bits per heavy atom. The molecule has 22 heavy (non-hydrogen) atoms. The molecule has 124 valence electrons. The summed E-state index contributed by atoms with van der Waals surface area (Å²) in [7, 11) is -3.87. The molecule has 0 radical (unpaired) electrons. The molecule has 0 saturated carbocycles. The normalized spacial score (nSPS) is 12.5. The zero-order valence-electron chi connectivity index (χ0n) is 11.7. The van der Waals surface area contributed by atoms with E-state index < -0.39 is 27.8 Å². The molecule has 10 heteroatoms. The SMILES string of the molecule is CCN(CC)S(=O)(=O)c1ccc(Cl)c(NC(=O)C(F)(F)F)c1. The lowest BCUT2D eigenvalue weighted by Gasteiger charge is -2.19. The minimum atomic E-state index is -5.10. The standard InChI is InChI=1S/C12H14ClF3N2O3S/c1-3-18(4-2)22(20,21)8-5-6-9(13)10(7-8)17-11(19)12(14,15)16/h5-7H,3-4H2,1-2H3,(H,17,19). The van der Waals surface area contributed by atoms with E-state index in [4.69, 9.17) is 11.6 Å². The molecule has 1 rings (SSSR count). The molecule has 0 aromatic heterocycles.